The monoisotopic (exact) mass is 537 g/mol. The number of hydrogen-bond acceptors (Lipinski definition) is 5. The van der Waals surface area contributed by atoms with Gasteiger partial charge in [-0.05, 0) is 63.4 Å². The van der Waals surface area contributed by atoms with Gasteiger partial charge in [0, 0.05) is 18.7 Å². The second-order valence-corrected chi connectivity index (χ2v) is 9.87. The van der Waals surface area contributed by atoms with E-state index in [2.05, 4.69) is 40.7 Å². The normalized spacial score (nSPS) is 16.4. The highest BCUT2D eigenvalue weighted by Crippen LogP contribution is 2.37. The Hall–Kier alpha value is -2.98. The molecule has 6 nitrogen and oxygen atoms in total. The Morgan fingerprint density at radius 2 is 1.92 bits per heavy atom. The molecule has 2 aromatic heterocycles. The van der Waals surface area contributed by atoms with E-state index in [0.717, 1.165) is 42.2 Å². The van der Waals surface area contributed by atoms with Crippen LogP contribution in [0.5, 0.6) is 0 Å². The van der Waals surface area contributed by atoms with Crippen LogP contribution in [0.1, 0.15) is 55.3 Å². The second-order valence-electron chi connectivity index (χ2n) is 9.51. The van der Waals surface area contributed by atoms with Crippen LogP contribution in [0.25, 0.3) is 10.9 Å². The fourth-order valence-corrected chi connectivity index (χ4v) is 5.09. The average molecular weight is 538 g/mol. The molecule has 1 N–H and O–H groups in total. The molecule has 1 aliphatic rings. The number of aryl methyl sites for hydroxylation is 1. The first-order chi connectivity index (χ1) is 17.4. The van der Waals surface area contributed by atoms with Gasteiger partial charge in [-0.2, -0.15) is 18.3 Å². The average Bonchev–Trinajstić information content (AvgIpc) is 2.85. The van der Waals surface area contributed by atoms with E-state index in [1.807, 2.05) is 0 Å². The van der Waals surface area contributed by atoms with Crippen molar-refractivity contribution in [3.8, 4) is 0 Å². The molecule has 0 spiro atoms. The van der Waals surface area contributed by atoms with Crippen LogP contribution in [0, 0.1) is 5.82 Å². The molecular formula is C26H28ClF4N5O. The standard InChI is InChI=1S/C26H28ClF4N5O/c1-5-20(16-7-6-8-19(21(16)28)26(29,30)31)32-24-18-13-17(15-9-11-36(12-10-15)14(2)3)23(27)33-22(18)25(37)35(4)34-24/h5-8,13-15,20H,1,9-12H2,2-4H3,(H,32,34)/t20-/m1/s1. The molecule has 3 aromatic rings. The van der Waals surface area contributed by atoms with Crippen molar-refractivity contribution in [3.05, 3.63) is 74.9 Å². The molecule has 0 amide bonds. The predicted molar refractivity (Wildman–Crippen MR) is 136 cm³/mol. The van der Waals surface area contributed by atoms with Gasteiger partial charge in [-0.15, -0.1) is 6.58 Å². The molecule has 3 heterocycles. The predicted octanol–water partition coefficient (Wildman–Crippen LogP) is 6.07. The number of anilines is 1. The summed E-state index contributed by atoms with van der Waals surface area (Å²) in [5.74, 6) is -1.13. The van der Waals surface area contributed by atoms with Gasteiger partial charge in [-0.3, -0.25) is 4.79 Å². The highest BCUT2D eigenvalue weighted by molar-refractivity contribution is 6.30. The number of pyridine rings is 1. The van der Waals surface area contributed by atoms with Crippen LogP contribution >= 0.6 is 11.6 Å². The first-order valence-corrected chi connectivity index (χ1v) is 12.4. The highest BCUT2D eigenvalue weighted by atomic mass is 35.5. The molecule has 11 heteroatoms. The molecule has 1 fully saturated rings. The van der Waals surface area contributed by atoms with Crippen molar-refractivity contribution in [2.45, 2.75) is 50.9 Å². The molecule has 37 heavy (non-hydrogen) atoms. The minimum absolute atomic E-state index is 0.0562. The molecule has 4 rings (SSSR count). The number of halogens is 5. The summed E-state index contributed by atoms with van der Waals surface area (Å²) in [4.78, 5) is 19.6. The lowest BCUT2D eigenvalue weighted by Gasteiger charge is -2.35. The Balaban J connectivity index is 1.77. The molecule has 1 aromatic carbocycles. The van der Waals surface area contributed by atoms with E-state index in [4.69, 9.17) is 11.6 Å². The van der Waals surface area contributed by atoms with Crippen molar-refractivity contribution in [2.24, 2.45) is 7.05 Å². The maximum Gasteiger partial charge on any atom is 0.419 e. The summed E-state index contributed by atoms with van der Waals surface area (Å²) in [6.07, 6.45) is -1.86. The summed E-state index contributed by atoms with van der Waals surface area (Å²) in [6, 6.07) is 4.19. The molecule has 1 atom stereocenters. The Morgan fingerprint density at radius 1 is 1.24 bits per heavy atom. The molecule has 1 saturated heterocycles. The van der Waals surface area contributed by atoms with Gasteiger partial charge < -0.3 is 10.2 Å². The van der Waals surface area contributed by atoms with Gasteiger partial charge in [-0.1, -0.05) is 29.8 Å². The molecule has 0 bridgehead atoms. The number of alkyl halides is 3. The number of fused-ring (bicyclic) bond motifs is 1. The number of aromatic nitrogens is 3. The van der Waals surface area contributed by atoms with Crippen molar-refractivity contribution in [2.75, 3.05) is 18.4 Å². The molecule has 0 saturated carbocycles. The minimum atomic E-state index is -4.85. The molecule has 0 radical (unpaired) electrons. The van der Waals surface area contributed by atoms with Crippen LogP contribution in [-0.2, 0) is 13.2 Å². The fourth-order valence-electron chi connectivity index (χ4n) is 4.79. The van der Waals surface area contributed by atoms with Crippen molar-refractivity contribution in [1.82, 2.24) is 19.7 Å². The van der Waals surface area contributed by atoms with Gasteiger partial charge >= 0.3 is 6.18 Å². The quantitative estimate of drug-likeness (QED) is 0.235. The summed E-state index contributed by atoms with van der Waals surface area (Å²) in [5.41, 5.74) is -1.28. The van der Waals surface area contributed by atoms with Gasteiger partial charge in [0.05, 0.1) is 17.0 Å². The van der Waals surface area contributed by atoms with Gasteiger partial charge in [0.25, 0.3) is 5.56 Å². The Labute approximate surface area is 216 Å². The van der Waals surface area contributed by atoms with Crippen molar-refractivity contribution in [1.29, 1.82) is 0 Å². The number of piperidine rings is 1. The van der Waals surface area contributed by atoms with E-state index in [0.29, 0.717) is 17.5 Å². The second kappa shape index (κ2) is 10.4. The van der Waals surface area contributed by atoms with E-state index in [9.17, 15) is 22.4 Å². The Bertz CT molecular complexity index is 1380. The number of likely N-dealkylation sites (tertiary alicyclic amines) is 1. The molecule has 0 aliphatic carbocycles. The van der Waals surface area contributed by atoms with Crippen molar-refractivity contribution < 1.29 is 17.6 Å². The van der Waals surface area contributed by atoms with Gasteiger partial charge in [-0.25, -0.2) is 14.1 Å². The SMILES string of the molecule is C=C[C@@H](Nc1nn(C)c(=O)c2nc(Cl)c(C3CCN(C(C)C)CC3)cc12)c1cccc(C(F)(F)F)c1F. The topological polar surface area (TPSA) is 63.1 Å². The zero-order chi connectivity index (χ0) is 27.1. The largest absolute Gasteiger partial charge is 0.419 e. The maximum absolute atomic E-state index is 14.9. The Morgan fingerprint density at radius 3 is 2.51 bits per heavy atom. The fraction of sp³-hybridized carbons (Fsp3) is 0.423. The number of hydrogen-bond donors (Lipinski definition) is 1. The smallest absolute Gasteiger partial charge is 0.358 e. The molecule has 0 unspecified atom stereocenters. The molecular weight excluding hydrogens is 510 g/mol. The lowest BCUT2D eigenvalue weighted by molar-refractivity contribution is -0.140. The van der Waals surface area contributed by atoms with E-state index >= 15 is 0 Å². The van der Waals surface area contributed by atoms with Crippen LogP contribution in [-0.4, -0.2) is 38.8 Å². The molecule has 198 valence electrons. The third-order valence-corrected chi connectivity index (χ3v) is 7.20. The van der Waals surface area contributed by atoms with Crippen LogP contribution in [0.4, 0.5) is 23.4 Å². The first kappa shape index (κ1) is 27.1. The van der Waals surface area contributed by atoms with E-state index in [1.165, 1.54) is 19.2 Å². The molecule has 1 aliphatic heterocycles. The van der Waals surface area contributed by atoms with Crippen LogP contribution in [0.3, 0.4) is 0 Å². The van der Waals surface area contributed by atoms with Gasteiger partial charge in [0.15, 0.2) is 5.82 Å². The lowest BCUT2D eigenvalue weighted by Crippen LogP contribution is -2.37. The summed E-state index contributed by atoms with van der Waals surface area (Å²) < 4.78 is 55.8. The number of nitrogens with one attached hydrogen (secondary N) is 1. The van der Waals surface area contributed by atoms with E-state index in [-0.39, 0.29) is 28.0 Å². The van der Waals surface area contributed by atoms with Gasteiger partial charge in [0.2, 0.25) is 0 Å². The Kier molecular flexibility index (Phi) is 7.62. The van der Waals surface area contributed by atoms with Crippen molar-refractivity contribution in [3.63, 3.8) is 0 Å². The van der Waals surface area contributed by atoms with E-state index in [1.54, 1.807) is 6.07 Å². The highest BCUT2D eigenvalue weighted by Gasteiger charge is 2.35. The zero-order valence-electron chi connectivity index (χ0n) is 20.7. The number of benzene rings is 1. The maximum atomic E-state index is 14.9. The van der Waals surface area contributed by atoms with Crippen molar-refractivity contribution >= 4 is 28.3 Å². The summed E-state index contributed by atoms with van der Waals surface area (Å²) in [7, 11) is 1.42. The van der Waals surface area contributed by atoms with Crippen LogP contribution in [0.15, 0.2) is 41.7 Å². The summed E-state index contributed by atoms with van der Waals surface area (Å²) in [5, 5.41) is 7.82. The summed E-state index contributed by atoms with van der Waals surface area (Å²) in [6.45, 7) is 9.74. The van der Waals surface area contributed by atoms with Crippen LogP contribution < -0.4 is 10.9 Å². The van der Waals surface area contributed by atoms with E-state index < -0.39 is 29.2 Å². The van der Waals surface area contributed by atoms with Crippen LogP contribution in [0.2, 0.25) is 5.15 Å². The minimum Gasteiger partial charge on any atom is -0.358 e. The summed E-state index contributed by atoms with van der Waals surface area (Å²) >= 11 is 6.54. The third kappa shape index (κ3) is 5.36. The zero-order valence-corrected chi connectivity index (χ0v) is 21.5. The third-order valence-electron chi connectivity index (χ3n) is 6.90. The number of rotatable bonds is 6. The number of nitrogens with zero attached hydrogens (tertiary/aromatic N) is 4. The van der Waals surface area contributed by atoms with Gasteiger partial charge in [0.1, 0.15) is 16.5 Å². The lowest BCUT2D eigenvalue weighted by atomic mass is 9.89. The first-order valence-electron chi connectivity index (χ1n) is 12.0.